The number of aliphatic hydroxyl groups is 1. The normalized spacial score (nSPS) is 30.8. The Morgan fingerprint density at radius 1 is 0.857 bits per heavy atom. The molecule has 0 saturated heterocycles. The first-order chi connectivity index (χ1) is 15.6. The van der Waals surface area contributed by atoms with Gasteiger partial charge in [-0.15, -0.1) is 0 Å². The highest BCUT2D eigenvalue weighted by atomic mass is 28.4. The second-order valence-electron chi connectivity index (χ2n) is 16.1. The van der Waals surface area contributed by atoms with Crippen molar-refractivity contribution in [3.63, 3.8) is 0 Å². The van der Waals surface area contributed by atoms with Crippen LogP contribution < -0.4 is 0 Å². The Balaban J connectivity index is 2.24. The largest absolute Gasteiger partial charge is 0.411 e. The lowest BCUT2D eigenvalue weighted by Gasteiger charge is -2.49. The van der Waals surface area contributed by atoms with Gasteiger partial charge < -0.3 is 14.0 Å². The van der Waals surface area contributed by atoms with Crippen molar-refractivity contribution in [3.05, 3.63) is 0 Å². The summed E-state index contributed by atoms with van der Waals surface area (Å²) in [6.45, 7) is 33.1. The van der Waals surface area contributed by atoms with Crippen LogP contribution in [0.3, 0.4) is 0 Å². The fourth-order valence-corrected chi connectivity index (χ4v) is 9.92. The Bertz CT molecular complexity index is 703. The zero-order valence-electron chi connectivity index (χ0n) is 26.1. The highest BCUT2D eigenvalue weighted by Crippen LogP contribution is 2.58. The average Bonchev–Trinajstić information content (AvgIpc) is 3.00. The molecule has 2 aliphatic rings. The van der Waals surface area contributed by atoms with E-state index in [1.807, 2.05) is 0 Å². The molecular formula is C30H62O3Si2. The lowest BCUT2D eigenvalue weighted by molar-refractivity contribution is -0.0447. The van der Waals surface area contributed by atoms with Gasteiger partial charge in [-0.2, -0.15) is 0 Å². The summed E-state index contributed by atoms with van der Waals surface area (Å²) in [5, 5.41) is 11.1. The maximum Gasteiger partial charge on any atom is 0.192 e. The van der Waals surface area contributed by atoms with E-state index in [0.717, 1.165) is 12.8 Å². The summed E-state index contributed by atoms with van der Waals surface area (Å²) in [7, 11) is -3.89. The third-order valence-electron chi connectivity index (χ3n) is 11.1. The summed E-state index contributed by atoms with van der Waals surface area (Å²) in [5.41, 5.74) is -0.0125. The van der Waals surface area contributed by atoms with Crippen LogP contribution in [0.25, 0.3) is 0 Å². The molecule has 3 nitrogen and oxygen atoms in total. The zero-order valence-corrected chi connectivity index (χ0v) is 28.1. The van der Waals surface area contributed by atoms with Crippen molar-refractivity contribution in [2.24, 2.45) is 23.2 Å². The minimum atomic E-state index is -1.95. The van der Waals surface area contributed by atoms with Crippen LogP contribution in [-0.2, 0) is 8.85 Å². The molecule has 0 radical (unpaired) electrons. The van der Waals surface area contributed by atoms with Gasteiger partial charge in [-0.05, 0) is 112 Å². The van der Waals surface area contributed by atoms with Gasteiger partial charge in [-0.25, -0.2) is 0 Å². The molecular weight excluding hydrogens is 464 g/mol. The molecule has 1 N–H and O–H groups in total. The summed E-state index contributed by atoms with van der Waals surface area (Å²) in [5.74, 6) is 1.85. The molecule has 2 aliphatic carbocycles. The lowest BCUT2D eigenvalue weighted by atomic mass is 9.61. The number of fused-ring (bicyclic) bond motifs is 1. The summed E-state index contributed by atoms with van der Waals surface area (Å²) >= 11 is 0. The fraction of sp³-hybridized carbons (Fsp3) is 1.00. The highest BCUT2D eigenvalue weighted by molar-refractivity contribution is 6.74. The fourth-order valence-electron chi connectivity index (χ4n) is 6.70. The molecule has 0 aromatic rings. The van der Waals surface area contributed by atoms with E-state index in [9.17, 15) is 5.11 Å². The monoisotopic (exact) mass is 526 g/mol. The molecule has 0 aliphatic heterocycles. The van der Waals surface area contributed by atoms with Gasteiger partial charge in [0.1, 0.15) is 0 Å². The smallest absolute Gasteiger partial charge is 0.192 e. The summed E-state index contributed by atoms with van der Waals surface area (Å²) in [6, 6.07) is 0. The van der Waals surface area contributed by atoms with Gasteiger partial charge in [0.05, 0.1) is 17.8 Å². The first-order valence-corrected chi connectivity index (χ1v) is 20.4. The first-order valence-electron chi connectivity index (χ1n) is 14.6. The Morgan fingerprint density at radius 2 is 1.40 bits per heavy atom. The maximum atomic E-state index is 10.7. The van der Waals surface area contributed by atoms with E-state index in [2.05, 4.69) is 95.4 Å². The van der Waals surface area contributed by atoms with E-state index in [0.29, 0.717) is 23.2 Å². The molecule has 0 unspecified atom stereocenters. The number of rotatable bonds is 9. The molecule has 0 bridgehead atoms. The molecule has 2 rings (SSSR count). The van der Waals surface area contributed by atoms with E-state index in [4.69, 9.17) is 8.85 Å². The van der Waals surface area contributed by atoms with Crippen molar-refractivity contribution in [1.29, 1.82) is 0 Å². The molecule has 2 saturated carbocycles. The Labute approximate surface area is 221 Å². The van der Waals surface area contributed by atoms with E-state index >= 15 is 0 Å². The molecule has 0 amide bonds. The van der Waals surface area contributed by atoms with Gasteiger partial charge in [0.2, 0.25) is 0 Å². The van der Waals surface area contributed by atoms with Crippen molar-refractivity contribution < 1.29 is 14.0 Å². The molecule has 208 valence electrons. The van der Waals surface area contributed by atoms with E-state index < -0.39 is 16.6 Å². The van der Waals surface area contributed by atoms with Gasteiger partial charge in [-0.1, -0.05) is 61.8 Å². The quantitative estimate of drug-likeness (QED) is 0.304. The number of hydrogen-bond donors (Lipinski definition) is 1. The second kappa shape index (κ2) is 10.5. The lowest BCUT2D eigenvalue weighted by Crippen LogP contribution is -2.56. The molecule has 0 aromatic carbocycles. The Hall–Kier alpha value is 0.314. The highest BCUT2D eigenvalue weighted by Gasteiger charge is 2.53. The predicted octanol–water partition coefficient (Wildman–Crippen LogP) is 9.17. The van der Waals surface area contributed by atoms with Gasteiger partial charge in [0.25, 0.3) is 0 Å². The molecule has 0 aromatic heterocycles. The second-order valence-corrected chi connectivity index (χ2v) is 25.6. The predicted molar refractivity (Wildman–Crippen MR) is 157 cm³/mol. The molecule has 0 spiro atoms. The summed E-state index contributed by atoms with van der Waals surface area (Å²) in [4.78, 5) is 0. The molecule has 6 atom stereocenters. The van der Waals surface area contributed by atoms with Crippen LogP contribution in [0.5, 0.6) is 0 Å². The van der Waals surface area contributed by atoms with Crippen LogP contribution in [0.4, 0.5) is 0 Å². The van der Waals surface area contributed by atoms with E-state index in [1.165, 1.54) is 32.1 Å². The molecule has 0 heterocycles. The van der Waals surface area contributed by atoms with Gasteiger partial charge >= 0.3 is 0 Å². The maximum absolute atomic E-state index is 10.7. The number of hydrogen-bond acceptors (Lipinski definition) is 3. The first kappa shape index (κ1) is 31.5. The van der Waals surface area contributed by atoms with Crippen LogP contribution in [-0.4, -0.2) is 39.6 Å². The molecule has 35 heavy (non-hydrogen) atoms. The third-order valence-corrected chi connectivity index (χ3v) is 20.2. The minimum Gasteiger partial charge on any atom is -0.411 e. The molecule has 5 heteroatoms. The van der Waals surface area contributed by atoms with E-state index in [-0.39, 0.29) is 27.9 Å². The van der Waals surface area contributed by atoms with Crippen molar-refractivity contribution in [3.8, 4) is 0 Å². The van der Waals surface area contributed by atoms with Crippen molar-refractivity contribution in [2.45, 2.75) is 168 Å². The Morgan fingerprint density at radius 3 is 1.91 bits per heavy atom. The summed E-state index contributed by atoms with van der Waals surface area (Å²) in [6.07, 6.45) is 8.19. The third kappa shape index (κ3) is 6.85. The van der Waals surface area contributed by atoms with Crippen LogP contribution in [0, 0.1) is 23.2 Å². The van der Waals surface area contributed by atoms with Crippen LogP contribution in [0.2, 0.25) is 36.3 Å². The van der Waals surface area contributed by atoms with E-state index in [1.54, 1.807) is 0 Å². The van der Waals surface area contributed by atoms with Crippen molar-refractivity contribution in [1.82, 2.24) is 0 Å². The average molecular weight is 527 g/mol. The SMILES string of the molecule is C[C@@H](CC[C@@H](O[Si](C)(C)C(C)(C)C)C(C)(C)O[Si](C)(C)C(C)(C)C)[C@H]1CC[C@H]2[C@@H](O)CCC[C@]12C. The van der Waals surface area contributed by atoms with Crippen molar-refractivity contribution >= 4 is 16.6 Å². The topological polar surface area (TPSA) is 38.7 Å². The van der Waals surface area contributed by atoms with Gasteiger partial charge in [0.15, 0.2) is 16.6 Å². The number of aliphatic hydroxyl groups excluding tert-OH is 1. The summed E-state index contributed by atoms with van der Waals surface area (Å²) < 4.78 is 14.3. The van der Waals surface area contributed by atoms with Crippen LogP contribution in [0.1, 0.15) is 114 Å². The van der Waals surface area contributed by atoms with Gasteiger partial charge in [0, 0.05) is 0 Å². The molecule has 2 fully saturated rings. The van der Waals surface area contributed by atoms with Crippen LogP contribution in [0.15, 0.2) is 0 Å². The minimum absolute atomic E-state index is 0.0856. The van der Waals surface area contributed by atoms with Crippen molar-refractivity contribution in [2.75, 3.05) is 0 Å². The van der Waals surface area contributed by atoms with Gasteiger partial charge in [-0.3, -0.25) is 0 Å². The standard InChI is InChI=1S/C30H62O3Si2/c1-22(23-18-19-24-25(31)16-15-21-30(23,24)10)17-20-26(32-34(11,12)27(2,3)4)29(8,9)33-35(13,14)28(5,6)7/h22-26,31H,15-21H2,1-14H3/t22-,23+,24-,25-,26+,30+/m0/s1. The Kier molecular flexibility index (Phi) is 9.43. The van der Waals surface area contributed by atoms with Crippen LogP contribution >= 0.6 is 0 Å². The zero-order chi connectivity index (χ0) is 27.3.